The van der Waals surface area contributed by atoms with Crippen LogP contribution in [0.15, 0.2) is 0 Å². The summed E-state index contributed by atoms with van der Waals surface area (Å²) >= 11 is 0. The maximum atomic E-state index is 6.50. The highest BCUT2D eigenvalue weighted by molar-refractivity contribution is 4.51. The molecule has 0 unspecified atom stereocenters. The van der Waals surface area contributed by atoms with E-state index in [1.165, 1.54) is 51.4 Å². The van der Waals surface area contributed by atoms with Crippen molar-refractivity contribution in [2.75, 3.05) is 0 Å². The van der Waals surface area contributed by atoms with Crippen LogP contribution in [0.2, 0.25) is 0 Å². The van der Waals surface area contributed by atoms with Crippen molar-refractivity contribution in [1.82, 2.24) is 0 Å². The normalized spacial score (nSPS) is 19.4. The van der Waals surface area contributed by atoms with Crippen LogP contribution in [-0.2, 0) is 0 Å². The average molecular weight is 139 g/mol. The summed E-state index contributed by atoms with van der Waals surface area (Å²) in [6, 6.07) is 0. The molecule has 0 radical (unpaired) electrons. The molecule has 0 saturated heterocycles. The number of nitrogens with zero attached hydrogens (tertiary/aromatic N) is 1. The molecule has 10 heavy (non-hydrogen) atoms. The van der Waals surface area contributed by atoms with E-state index in [9.17, 15) is 0 Å². The summed E-state index contributed by atoms with van der Waals surface area (Å²) in [7, 11) is 0. The molecule has 0 heterocycles. The Morgan fingerprint density at radius 1 is 0.500 bits per heavy atom. The lowest BCUT2D eigenvalue weighted by Crippen LogP contribution is -1.85. The van der Waals surface area contributed by atoms with E-state index >= 15 is 0 Å². The van der Waals surface area contributed by atoms with Gasteiger partial charge in [-0.15, -0.1) is 0 Å². The standard InChI is InChI=1S/C8H16.CHN/c1-2-4-6-8-7-5-3-1;1-2/h1-8H2;1H. The molecule has 58 valence electrons. The first-order chi connectivity index (χ1) is 5.00. The molecule has 1 aliphatic carbocycles. The summed E-state index contributed by atoms with van der Waals surface area (Å²) in [5.74, 6) is 0. The number of hydrogen-bond donors (Lipinski definition) is 0. The Morgan fingerprint density at radius 3 is 0.700 bits per heavy atom. The second kappa shape index (κ2) is 8.49. The van der Waals surface area contributed by atoms with E-state index in [1.807, 2.05) is 0 Å². The van der Waals surface area contributed by atoms with Gasteiger partial charge in [0.2, 0.25) is 0 Å². The van der Waals surface area contributed by atoms with Crippen LogP contribution in [0.25, 0.3) is 0 Å². The van der Waals surface area contributed by atoms with Gasteiger partial charge in [-0.3, -0.25) is 0 Å². The van der Waals surface area contributed by atoms with Crippen molar-refractivity contribution in [3.63, 3.8) is 0 Å². The molecule has 1 fully saturated rings. The van der Waals surface area contributed by atoms with Crippen LogP contribution in [0.1, 0.15) is 51.4 Å². The van der Waals surface area contributed by atoms with Crippen molar-refractivity contribution in [1.29, 1.82) is 5.26 Å². The molecule has 1 aliphatic rings. The van der Waals surface area contributed by atoms with Crippen molar-refractivity contribution in [3.05, 3.63) is 0 Å². The highest BCUT2D eigenvalue weighted by Gasteiger charge is 1.95. The molecule has 1 saturated carbocycles. The predicted molar refractivity (Wildman–Crippen MR) is 43.6 cm³/mol. The van der Waals surface area contributed by atoms with E-state index in [4.69, 9.17) is 5.26 Å². The Labute approximate surface area is 64.1 Å². The topological polar surface area (TPSA) is 23.8 Å². The van der Waals surface area contributed by atoms with E-state index in [2.05, 4.69) is 6.57 Å². The molecule has 0 aliphatic heterocycles. The lowest BCUT2D eigenvalue weighted by atomic mass is 10.0. The van der Waals surface area contributed by atoms with Crippen molar-refractivity contribution in [3.8, 4) is 6.57 Å². The van der Waals surface area contributed by atoms with Gasteiger partial charge in [0.15, 0.2) is 0 Å². The fraction of sp³-hybridized carbons (Fsp3) is 0.889. The summed E-state index contributed by atoms with van der Waals surface area (Å²) in [6.07, 6.45) is 12.0. The number of nitriles is 1. The van der Waals surface area contributed by atoms with Crippen molar-refractivity contribution >= 4 is 0 Å². The van der Waals surface area contributed by atoms with E-state index in [0.29, 0.717) is 0 Å². The van der Waals surface area contributed by atoms with Crippen LogP contribution in [0.3, 0.4) is 0 Å². The third-order valence-electron chi connectivity index (χ3n) is 2.00. The van der Waals surface area contributed by atoms with Crippen molar-refractivity contribution in [2.45, 2.75) is 51.4 Å². The Balaban J connectivity index is 0.000000371. The summed E-state index contributed by atoms with van der Waals surface area (Å²) in [6.45, 7) is 3.50. The Kier molecular flexibility index (Phi) is 8.06. The minimum Gasteiger partial charge on any atom is -0.202 e. The summed E-state index contributed by atoms with van der Waals surface area (Å²) in [5, 5.41) is 6.50. The molecule has 1 heteroatoms. The minimum atomic E-state index is 1.50. The van der Waals surface area contributed by atoms with E-state index in [1.54, 1.807) is 0 Å². The Morgan fingerprint density at radius 2 is 0.600 bits per heavy atom. The molecule has 0 atom stereocenters. The maximum absolute atomic E-state index is 6.50. The zero-order valence-electron chi connectivity index (χ0n) is 6.68. The van der Waals surface area contributed by atoms with Gasteiger partial charge in [0.25, 0.3) is 0 Å². The van der Waals surface area contributed by atoms with Gasteiger partial charge in [-0.05, 0) is 0 Å². The molecular formula is C9H17N. The van der Waals surface area contributed by atoms with Crippen LogP contribution >= 0.6 is 0 Å². The quantitative estimate of drug-likeness (QED) is 0.505. The molecule has 1 nitrogen and oxygen atoms in total. The molecule has 0 amide bonds. The first kappa shape index (κ1) is 9.49. The van der Waals surface area contributed by atoms with E-state index < -0.39 is 0 Å². The summed E-state index contributed by atoms with van der Waals surface area (Å²) in [5.41, 5.74) is 0. The number of rotatable bonds is 0. The fourth-order valence-electron chi connectivity index (χ4n) is 1.41. The van der Waals surface area contributed by atoms with Crippen LogP contribution < -0.4 is 0 Å². The van der Waals surface area contributed by atoms with Gasteiger partial charge in [-0.1, -0.05) is 51.4 Å². The van der Waals surface area contributed by atoms with Gasteiger partial charge >= 0.3 is 0 Å². The molecule has 0 spiro atoms. The molecule has 0 aromatic heterocycles. The Bertz CT molecular complexity index is 52.0. The van der Waals surface area contributed by atoms with Gasteiger partial charge in [-0.2, -0.15) is 0 Å². The van der Waals surface area contributed by atoms with Gasteiger partial charge in [-0.25, -0.2) is 5.26 Å². The van der Waals surface area contributed by atoms with Crippen molar-refractivity contribution in [2.24, 2.45) is 0 Å². The van der Waals surface area contributed by atoms with E-state index in [-0.39, 0.29) is 0 Å². The molecular weight excluding hydrogens is 122 g/mol. The minimum absolute atomic E-state index is 1.50. The summed E-state index contributed by atoms with van der Waals surface area (Å²) in [4.78, 5) is 0. The van der Waals surface area contributed by atoms with Gasteiger partial charge < -0.3 is 0 Å². The average Bonchev–Trinajstić information content (AvgIpc) is 1.90. The predicted octanol–water partition coefficient (Wildman–Crippen LogP) is 3.26. The van der Waals surface area contributed by atoms with Crippen LogP contribution in [0.5, 0.6) is 0 Å². The second-order valence-electron chi connectivity index (χ2n) is 2.83. The molecule has 0 N–H and O–H groups in total. The molecule has 0 bridgehead atoms. The summed E-state index contributed by atoms with van der Waals surface area (Å²) < 4.78 is 0. The van der Waals surface area contributed by atoms with Crippen LogP contribution in [0, 0.1) is 11.8 Å². The third kappa shape index (κ3) is 5.62. The molecule has 1 rings (SSSR count). The second-order valence-corrected chi connectivity index (χ2v) is 2.83. The van der Waals surface area contributed by atoms with Gasteiger partial charge in [0.05, 0.1) is 0 Å². The fourth-order valence-corrected chi connectivity index (χ4v) is 1.41. The monoisotopic (exact) mass is 139 g/mol. The SMILES string of the molecule is C#N.C1CCCCCCC1. The smallest absolute Gasteiger partial charge is 0.0462 e. The van der Waals surface area contributed by atoms with Crippen molar-refractivity contribution < 1.29 is 0 Å². The zero-order chi connectivity index (χ0) is 7.66. The van der Waals surface area contributed by atoms with Crippen LogP contribution in [-0.4, -0.2) is 0 Å². The number of hydrogen-bond acceptors (Lipinski definition) is 1. The highest BCUT2D eigenvalue weighted by Crippen LogP contribution is 2.15. The molecule has 0 aromatic carbocycles. The largest absolute Gasteiger partial charge is 0.202 e. The van der Waals surface area contributed by atoms with E-state index in [0.717, 1.165) is 0 Å². The maximum Gasteiger partial charge on any atom is 0.0462 e. The first-order valence-electron chi connectivity index (χ1n) is 4.26. The van der Waals surface area contributed by atoms with Crippen LogP contribution in [0.4, 0.5) is 0 Å². The molecule has 0 aromatic rings. The lowest BCUT2D eigenvalue weighted by molar-refractivity contribution is 0.504. The highest BCUT2D eigenvalue weighted by atomic mass is 14.2. The third-order valence-corrected chi connectivity index (χ3v) is 2.00. The lowest BCUT2D eigenvalue weighted by Gasteiger charge is -2.05. The first-order valence-corrected chi connectivity index (χ1v) is 4.26. The van der Waals surface area contributed by atoms with Gasteiger partial charge in [0.1, 0.15) is 0 Å². The Hall–Kier alpha value is -0.510. The zero-order valence-corrected chi connectivity index (χ0v) is 6.68. The van der Waals surface area contributed by atoms with Gasteiger partial charge in [0, 0.05) is 6.57 Å².